The van der Waals surface area contributed by atoms with Crippen molar-refractivity contribution in [3.05, 3.63) is 60.4 Å². The van der Waals surface area contributed by atoms with Crippen molar-refractivity contribution in [2.75, 3.05) is 13.1 Å². The minimum atomic E-state index is -0.616. The van der Waals surface area contributed by atoms with Crippen LogP contribution < -0.4 is 10.1 Å². The summed E-state index contributed by atoms with van der Waals surface area (Å²) in [6, 6.07) is 8.95. The maximum absolute atomic E-state index is 14.3. The molecule has 5 rings (SSSR count). The molecular weight excluding hydrogens is 400 g/mol. The average molecular weight is 421 g/mol. The summed E-state index contributed by atoms with van der Waals surface area (Å²) < 4.78 is 34.6. The second-order valence-electron chi connectivity index (χ2n) is 7.80. The monoisotopic (exact) mass is 421 g/mol. The van der Waals surface area contributed by atoms with Gasteiger partial charge in [-0.1, -0.05) is 19.1 Å². The number of hydrogen-bond donors (Lipinski definition) is 2. The van der Waals surface area contributed by atoms with Gasteiger partial charge in [0.05, 0.1) is 23.5 Å². The fraction of sp³-hybridized carbons (Fsp3) is 0.261. The van der Waals surface area contributed by atoms with E-state index in [1.165, 1.54) is 18.2 Å². The zero-order valence-electron chi connectivity index (χ0n) is 16.9. The molecule has 8 heteroatoms. The Balaban J connectivity index is 1.52. The van der Waals surface area contributed by atoms with Crippen LogP contribution in [0.1, 0.15) is 13.3 Å². The summed E-state index contributed by atoms with van der Waals surface area (Å²) in [5.74, 6) is -0.397. The molecule has 6 nitrogen and oxygen atoms in total. The molecular formula is C23H21F2N5O. The normalized spacial score (nSPS) is 18.9. The van der Waals surface area contributed by atoms with Crippen LogP contribution in [0, 0.1) is 17.6 Å². The number of nitrogens with one attached hydrogen (secondary N) is 2. The van der Waals surface area contributed by atoms with Gasteiger partial charge in [-0.05, 0) is 48.7 Å². The maximum Gasteiger partial charge on any atom is 0.233 e. The molecule has 2 atom stereocenters. The van der Waals surface area contributed by atoms with Crippen molar-refractivity contribution in [1.82, 2.24) is 25.5 Å². The topological polar surface area (TPSA) is 75.7 Å². The largest absolute Gasteiger partial charge is 0.472 e. The number of hydrogen-bond acceptors (Lipinski definition) is 5. The van der Waals surface area contributed by atoms with E-state index in [-0.39, 0.29) is 11.7 Å². The van der Waals surface area contributed by atoms with Crippen LogP contribution in [0.3, 0.4) is 0 Å². The Bertz CT molecular complexity index is 1220. The number of H-pyrrole nitrogens is 1. The van der Waals surface area contributed by atoms with Gasteiger partial charge >= 0.3 is 0 Å². The molecule has 2 aromatic heterocycles. The van der Waals surface area contributed by atoms with E-state index in [0.29, 0.717) is 34.1 Å². The lowest BCUT2D eigenvalue weighted by Crippen LogP contribution is -2.43. The Morgan fingerprint density at radius 1 is 1.10 bits per heavy atom. The van der Waals surface area contributed by atoms with Gasteiger partial charge < -0.3 is 10.1 Å². The SMILES string of the molecule is C[C@H]1CCNC[C@H]1Oc1cncc(-c2n[nH]c3ccc(-c4c(F)cccc4F)cc23)n1. The Labute approximate surface area is 177 Å². The van der Waals surface area contributed by atoms with E-state index in [9.17, 15) is 8.78 Å². The third kappa shape index (κ3) is 3.74. The highest BCUT2D eigenvalue weighted by Crippen LogP contribution is 2.32. The van der Waals surface area contributed by atoms with E-state index in [2.05, 4.69) is 32.4 Å². The first kappa shape index (κ1) is 19.6. The van der Waals surface area contributed by atoms with Crippen LogP contribution >= 0.6 is 0 Å². The molecule has 2 aromatic carbocycles. The fourth-order valence-corrected chi connectivity index (χ4v) is 3.93. The molecule has 0 saturated carbocycles. The number of benzene rings is 2. The lowest BCUT2D eigenvalue weighted by atomic mass is 9.97. The number of aromatic amines is 1. The van der Waals surface area contributed by atoms with Crippen molar-refractivity contribution >= 4 is 10.9 Å². The quantitative estimate of drug-likeness (QED) is 0.513. The van der Waals surface area contributed by atoms with Crippen LogP contribution in [-0.4, -0.2) is 39.4 Å². The second-order valence-corrected chi connectivity index (χ2v) is 7.80. The zero-order valence-corrected chi connectivity index (χ0v) is 16.9. The minimum Gasteiger partial charge on any atom is -0.472 e. The molecule has 3 heterocycles. The molecule has 1 fully saturated rings. The highest BCUT2D eigenvalue weighted by atomic mass is 19.1. The Morgan fingerprint density at radius 2 is 1.94 bits per heavy atom. The fourth-order valence-electron chi connectivity index (χ4n) is 3.93. The summed E-state index contributed by atoms with van der Waals surface area (Å²) in [5.41, 5.74) is 2.15. The van der Waals surface area contributed by atoms with Gasteiger partial charge in [-0.3, -0.25) is 10.1 Å². The smallest absolute Gasteiger partial charge is 0.233 e. The van der Waals surface area contributed by atoms with Gasteiger partial charge in [0, 0.05) is 11.9 Å². The van der Waals surface area contributed by atoms with Crippen LogP contribution in [0.25, 0.3) is 33.4 Å². The number of ether oxygens (including phenoxy) is 1. The van der Waals surface area contributed by atoms with Gasteiger partial charge in [0.2, 0.25) is 5.88 Å². The predicted octanol–water partition coefficient (Wildman–Crippen LogP) is 4.34. The number of piperidine rings is 1. The summed E-state index contributed by atoms with van der Waals surface area (Å²) in [6.07, 6.45) is 4.24. The number of rotatable bonds is 4. The van der Waals surface area contributed by atoms with Gasteiger partial charge in [0.25, 0.3) is 0 Å². The molecule has 1 aliphatic rings. The third-order valence-electron chi connectivity index (χ3n) is 5.70. The molecule has 0 aliphatic carbocycles. The van der Waals surface area contributed by atoms with Crippen molar-refractivity contribution in [2.45, 2.75) is 19.4 Å². The van der Waals surface area contributed by atoms with Crippen LogP contribution in [-0.2, 0) is 0 Å². The van der Waals surface area contributed by atoms with Gasteiger partial charge in [-0.25, -0.2) is 13.8 Å². The van der Waals surface area contributed by atoms with Crippen molar-refractivity contribution in [1.29, 1.82) is 0 Å². The lowest BCUT2D eigenvalue weighted by Gasteiger charge is -2.29. The third-order valence-corrected chi connectivity index (χ3v) is 5.70. The van der Waals surface area contributed by atoms with Crippen LogP contribution in [0.4, 0.5) is 8.78 Å². The highest BCUT2D eigenvalue weighted by Gasteiger charge is 2.23. The van der Waals surface area contributed by atoms with Gasteiger partial charge in [0.15, 0.2) is 0 Å². The lowest BCUT2D eigenvalue weighted by molar-refractivity contribution is 0.109. The van der Waals surface area contributed by atoms with Gasteiger partial charge in [-0.15, -0.1) is 0 Å². The predicted molar refractivity (Wildman–Crippen MR) is 114 cm³/mol. The second kappa shape index (κ2) is 8.03. The first-order chi connectivity index (χ1) is 15.1. The molecule has 0 spiro atoms. The summed E-state index contributed by atoms with van der Waals surface area (Å²) >= 11 is 0. The van der Waals surface area contributed by atoms with E-state index in [4.69, 9.17) is 4.74 Å². The van der Waals surface area contributed by atoms with Crippen LogP contribution in [0.15, 0.2) is 48.8 Å². The maximum atomic E-state index is 14.3. The Kier molecular flexibility index (Phi) is 5.07. The van der Waals surface area contributed by atoms with Crippen molar-refractivity contribution in [2.24, 2.45) is 5.92 Å². The summed E-state index contributed by atoms with van der Waals surface area (Å²) in [6.45, 7) is 3.90. The number of fused-ring (bicyclic) bond motifs is 1. The standard InChI is InChI=1S/C23H21F2N5O/c1-13-7-8-26-11-20(13)31-21-12-27-10-19(28-21)23-15-9-14(5-6-18(15)29-30-23)22-16(24)3-2-4-17(22)25/h2-6,9-10,12-13,20,26H,7-8,11H2,1H3,(H,29,30)/t13-,20+/m0/s1. The summed E-state index contributed by atoms with van der Waals surface area (Å²) in [5, 5.41) is 11.3. The minimum absolute atomic E-state index is 0.0184. The molecule has 2 N–H and O–H groups in total. The number of nitrogens with zero attached hydrogens (tertiary/aromatic N) is 3. The van der Waals surface area contributed by atoms with E-state index in [0.717, 1.165) is 25.0 Å². The van der Waals surface area contributed by atoms with Crippen molar-refractivity contribution < 1.29 is 13.5 Å². The van der Waals surface area contributed by atoms with E-state index >= 15 is 0 Å². The van der Waals surface area contributed by atoms with Crippen molar-refractivity contribution in [3.8, 4) is 28.4 Å². The molecule has 158 valence electrons. The summed E-state index contributed by atoms with van der Waals surface area (Å²) in [4.78, 5) is 8.85. The molecule has 0 amide bonds. The van der Waals surface area contributed by atoms with Crippen LogP contribution in [0.2, 0.25) is 0 Å². The van der Waals surface area contributed by atoms with Gasteiger partial charge in [-0.2, -0.15) is 5.10 Å². The molecule has 0 bridgehead atoms. The Morgan fingerprint density at radius 3 is 2.74 bits per heavy atom. The Hall–Kier alpha value is -3.39. The van der Waals surface area contributed by atoms with E-state index in [1.54, 1.807) is 30.6 Å². The molecule has 1 aliphatic heterocycles. The van der Waals surface area contributed by atoms with Crippen LogP contribution in [0.5, 0.6) is 5.88 Å². The van der Waals surface area contributed by atoms with Crippen molar-refractivity contribution in [3.63, 3.8) is 0 Å². The molecule has 0 unspecified atom stereocenters. The number of halogens is 2. The summed E-state index contributed by atoms with van der Waals surface area (Å²) in [7, 11) is 0. The first-order valence-corrected chi connectivity index (χ1v) is 10.2. The van der Waals surface area contributed by atoms with E-state index < -0.39 is 11.6 Å². The van der Waals surface area contributed by atoms with Gasteiger partial charge in [0.1, 0.15) is 29.1 Å². The average Bonchev–Trinajstić information content (AvgIpc) is 3.19. The molecule has 0 radical (unpaired) electrons. The highest BCUT2D eigenvalue weighted by molar-refractivity contribution is 5.94. The molecule has 1 saturated heterocycles. The van der Waals surface area contributed by atoms with E-state index in [1.807, 2.05) is 0 Å². The first-order valence-electron chi connectivity index (χ1n) is 10.2. The molecule has 4 aromatic rings. The number of aromatic nitrogens is 4. The zero-order chi connectivity index (χ0) is 21.4. The molecule has 31 heavy (non-hydrogen) atoms.